The highest BCUT2D eigenvalue weighted by molar-refractivity contribution is 6.31. The van der Waals surface area contributed by atoms with E-state index in [0.29, 0.717) is 6.61 Å². The third-order valence-electron chi connectivity index (χ3n) is 4.39. The minimum atomic E-state index is 0.213. The highest BCUT2D eigenvalue weighted by atomic mass is 35.5. The lowest BCUT2D eigenvalue weighted by molar-refractivity contribution is 0.332. The van der Waals surface area contributed by atoms with Crippen LogP contribution < -0.4 is 10.1 Å². The number of hydrogen-bond acceptors (Lipinski definition) is 2. The number of rotatable bonds is 7. The summed E-state index contributed by atoms with van der Waals surface area (Å²) in [5, 5.41) is 4.10. The monoisotopic (exact) mass is 331 g/mol. The van der Waals surface area contributed by atoms with Gasteiger partial charge in [0.2, 0.25) is 0 Å². The van der Waals surface area contributed by atoms with Crippen LogP contribution in [0.15, 0.2) is 42.5 Å². The van der Waals surface area contributed by atoms with Crippen molar-refractivity contribution in [2.24, 2.45) is 0 Å². The third kappa shape index (κ3) is 4.90. The maximum Gasteiger partial charge on any atom is 0.119 e. The summed E-state index contributed by atoms with van der Waals surface area (Å²) in [6, 6.07) is 14.4. The maximum atomic E-state index is 6.11. The van der Waals surface area contributed by atoms with E-state index in [0.717, 1.165) is 35.0 Å². The van der Waals surface area contributed by atoms with Gasteiger partial charge in [-0.25, -0.2) is 0 Å². The van der Waals surface area contributed by atoms with Gasteiger partial charge >= 0.3 is 0 Å². The van der Waals surface area contributed by atoms with Crippen LogP contribution in [-0.4, -0.2) is 13.2 Å². The summed E-state index contributed by atoms with van der Waals surface area (Å²) in [4.78, 5) is 0. The molecule has 0 saturated carbocycles. The quantitative estimate of drug-likeness (QED) is 0.645. The van der Waals surface area contributed by atoms with E-state index in [4.69, 9.17) is 16.3 Å². The maximum absolute atomic E-state index is 6.11. The normalized spacial score (nSPS) is 11.3. The number of halogens is 1. The van der Waals surface area contributed by atoms with E-state index >= 15 is 0 Å². The SMILES string of the molecule is CCC(C)(C)c1ccc(OCCNc2ccc(C)c(Cl)c2)cc1. The molecule has 0 atom stereocenters. The zero-order valence-electron chi connectivity index (χ0n) is 14.4. The van der Waals surface area contributed by atoms with E-state index in [1.807, 2.05) is 25.1 Å². The van der Waals surface area contributed by atoms with Crippen LogP contribution in [0.1, 0.15) is 38.3 Å². The molecule has 0 aromatic heterocycles. The largest absolute Gasteiger partial charge is 0.492 e. The Kier molecular flexibility index (Phi) is 5.95. The molecule has 0 radical (unpaired) electrons. The third-order valence-corrected chi connectivity index (χ3v) is 4.80. The Bertz CT molecular complexity index is 635. The van der Waals surface area contributed by atoms with Crippen molar-refractivity contribution in [1.29, 1.82) is 0 Å². The molecule has 0 spiro atoms. The summed E-state index contributed by atoms with van der Waals surface area (Å²) < 4.78 is 5.79. The molecule has 0 aliphatic carbocycles. The Balaban J connectivity index is 1.81. The van der Waals surface area contributed by atoms with Gasteiger partial charge in [0.25, 0.3) is 0 Å². The molecule has 2 rings (SSSR count). The minimum absolute atomic E-state index is 0.213. The number of ether oxygens (including phenoxy) is 1. The molecule has 0 fully saturated rings. The molecule has 0 aliphatic rings. The highest BCUT2D eigenvalue weighted by Crippen LogP contribution is 2.28. The second-order valence-electron chi connectivity index (χ2n) is 6.50. The molecule has 0 amide bonds. The van der Waals surface area contributed by atoms with Crippen molar-refractivity contribution in [3.05, 3.63) is 58.6 Å². The summed E-state index contributed by atoms with van der Waals surface area (Å²) in [5.74, 6) is 0.907. The molecule has 2 nitrogen and oxygen atoms in total. The molecule has 23 heavy (non-hydrogen) atoms. The number of benzene rings is 2. The second kappa shape index (κ2) is 7.74. The molecule has 0 saturated heterocycles. The van der Waals surface area contributed by atoms with Crippen LogP contribution in [0.3, 0.4) is 0 Å². The molecule has 124 valence electrons. The lowest BCUT2D eigenvalue weighted by atomic mass is 9.82. The molecule has 3 heteroatoms. The van der Waals surface area contributed by atoms with E-state index in [2.05, 4.69) is 50.4 Å². The van der Waals surface area contributed by atoms with Gasteiger partial charge in [-0.2, -0.15) is 0 Å². The topological polar surface area (TPSA) is 21.3 Å². The first-order chi connectivity index (χ1) is 10.9. The van der Waals surface area contributed by atoms with Gasteiger partial charge in [0.05, 0.1) is 0 Å². The number of nitrogens with one attached hydrogen (secondary N) is 1. The van der Waals surface area contributed by atoms with Gasteiger partial charge in [0.15, 0.2) is 0 Å². The van der Waals surface area contributed by atoms with Crippen molar-refractivity contribution >= 4 is 17.3 Å². The van der Waals surface area contributed by atoms with Crippen molar-refractivity contribution < 1.29 is 4.74 Å². The smallest absolute Gasteiger partial charge is 0.119 e. The first-order valence-electron chi connectivity index (χ1n) is 8.16. The van der Waals surface area contributed by atoms with Gasteiger partial charge in [-0.1, -0.05) is 50.6 Å². The van der Waals surface area contributed by atoms with E-state index in [-0.39, 0.29) is 5.41 Å². The average Bonchev–Trinajstić information content (AvgIpc) is 2.55. The Morgan fingerprint density at radius 3 is 2.39 bits per heavy atom. The first kappa shape index (κ1) is 17.7. The van der Waals surface area contributed by atoms with Gasteiger partial charge in [-0.3, -0.25) is 0 Å². The molecule has 2 aromatic rings. The number of aryl methyl sites for hydroxylation is 1. The van der Waals surface area contributed by atoms with Gasteiger partial charge in [0.1, 0.15) is 12.4 Å². The van der Waals surface area contributed by atoms with Crippen LogP contribution >= 0.6 is 11.6 Å². The van der Waals surface area contributed by atoms with E-state index in [9.17, 15) is 0 Å². The van der Waals surface area contributed by atoms with Gasteiger partial charge in [-0.05, 0) is 54.2 Å². The van der Waals surface area contributed by atoms with E-state index in [1.54, 1.807) is 0 Å². The Hall–Kier alpha value is -1.67. The fourth-order valence-corrected chi connectivity index (χ4v) is 2.45. The average molecular weight is 332 g/mol. The highest BCUT2D eigenvalue weighted by Gasteiger charge is 2.17. The number of anilines is 1. The molecule has 0 unspecified atom stereocenters. The lowest BCUT2D eigenvalue weighted by Gasteiger charge is -2.23. The van der Waals surface area contributed by atoms with Crippen LogP contribution in [-0.2, 0) is 5.41 Å². The molecule has 2 aromatic carbocycles. The molecule has 0 heterocycles. The van der Waals surface area contributed by atoms with Crippen molar-refractivity contribution in [1.82, 2.24) is 0 Å². The predicted molar refractivity (Wildman–Crippen MR) is 99.9 cm³/mol. The summed E-state index contributed by atoms with van der Waals surface area (Å²) >= 11 is 6.11. The van der Waals surface area contributed by atoms with Gasteiger partial charge in [-0.15, -0.1) is 0 Å². The van der Waals surface area contributed by atoms with Crippen LogP contribution in [0.25, 0.3) is 0 Å². The zero-order valence-corrected chi connectivity index (χ0v) is 15.2. The van der Waals surface area contributed by atoms with Crippen molar-refractivity contribution in [2.45, 2.75) is 39.5 Å². The Labute approximate surface area is 144 Å². The lowest BCUT2D eigenvalue weighted by Crippen LogP contribution is -2.15. The van der Waals surface area contributed by atoms with Crippen molar-refractivity contribution in [3.63, 3.8) is 0 Å². The minimum Gasteiger partial charge on any atom is -0.492 e. The van der Waals surface area contributed by atoms with E-state index < -0.39 is 0 Å². The van der Waals surface area contributed by atoms with Gasteiger partial charge in [0, 0.05) is 17.3 Å². The second-order valence-corrected chi connectivity index (χ2v) is 6.91. The number of hydrogen-bond donors (Lipinski definition) is 1. The molecular weight excluding hydrogens is 306 g/mol. The van der Waals surface area contributed by atoms with E-state index in [1.165, 1.54) is 5.56 Å². The van der Waals surface area contributed by atoms with Crippen LogP contribution in [0.4, 0.5) is 5.69 Å². The van der Waals surface area contributed by atoms with Crippen molar-refractivity contribution in [3.8, 4) is 5.75 Å². The molecular formula is C20H26ClNO. The molecule has 0 aliphatic heterocycles. The summed E-state index contributed by atoms with van der Waals surface area (Å²) in [5.41, 5.74) is 3.66. The fourth-order valence-electron chi connectivity index (χ4n) is 2.27. The summed E-state index contributed by atoms with van der Waals surface area (Å²) in [7, 11) is 0. The first-order valence-corrected chi connectivity index (χ1v) is 8.53. The fraction of sp³-hybridized carbons (Fsp3) is 0.400. The zero-order chi connectivity index (χ0) is 16.9. The Morgan fingerprint density at radius 1 is 1.09 bits per heavy atom. The molecule has 0 bridgehead atoms. The molecule has 1 N–H and O–H groups in total. The predicted octanol–water partition coefficient (Wildman–Crippen LogP) is 5.83. The van der Waals surface area contributed by atoms with Crippen LogP contribution in [0, 0.1) is 6.92 Å². The van der Waals surface area contributed by atoms with Gasteiger partial charge < -0.3 is 10.1 Å². The van der Waals surface area contributed by atoms with Crippen LogP contribution in [0.2, 0.25) is 5.02 Å². The standard InChI is InChI=1S/C20H26ClNO/c1-5-20(3,4)16-7-10-18(11-8-16)23-13-12-22-17-9-6-15(2)19(21)14-17/h6-11,14,22H,5,12-13H2,1-4H3. The summed E-state index contributed by atoms with van der Waals surface area (Å²) in [6.45, 7) is 10.1. The summed E-state index contributed by atoms with van der Waals surface area (Å²) in [6.07, 6.45) is 1.12. The Morgan fingerprint density at radius 2 is 1.78 bits per heavy atom. The van der Waals surface area contributed by atoms with Crippen molar-refractivity contribution in [2.75, 3.05) is 18.5 Å². The van der Waals surface area contributed by atoms with Crippen LogP contribution in [0.5, 0.6) is 5.75 Å².